The Hall–Kier alpha value is -1.21. The van der Waals surface area contributed by atoms with Crippen molar-refractivity contribution in [2.75, 3.05) is 31.1 Å². The molecule has 126 valence electrons. The molecule has 3 fully saturated rings. The summed E-state index contributed by atoms with van der Waals surface area (Å²) < 4.78 is 26.6. The Balaban J connectivity index is 1.50. The topological polar surface area (TPSA) is 66.4 Å². The van der Waals surface area contributed by atoms with Gasteiger partial charge in [0.2, 0.25) is 10.0 Å². The van der Waals surface area contributed by atoms with E-state index in [1.165, 1.54) is 12.8 Å². The lowest BCUT2D eigenvalue weighted by Gasteiger charge is -2.23. The number of rotatable bonds is 4. The molecule has 6 nitrogen and oxygen atoms in total. The van der Waals surface area contributed by atoms with Crippen LogP contribution in [0.25, 0.3) is 0 Å². The largest absolute Gasteiger partial charge is 0.355 e. The zero-order valence-corrected chi connectivity index (χ0v) is 14.4. The van der Waals surface area contributed by atoms with Crippen LogP contribution in [0.5, 0.6) is 0 Å². The average Bonchev–Trinajstić information content (AvgIpc) is 3.42. The van der Waals surface area contributed by atoms with Crippen LogP contribution in [0.1, 0.15) is 49.5 Å². The molecule has 0 N–H and O–H groups in total. The SMILES string of the molecule is Cc1cc(N2CCCN(S(=O)(=O)C3CC3)CC2)nc(C2CC2)n1. The summed E-state index contributed by atoms with van der Waals surface area (Å²) in [6.45, 7) is 4.79. The van der Waals surface area contributed by atoms with Gasteiger partial charge in [0.1, 0.15) is 11.6 Å². The van der Waals surface area contributed by atoms with Gasteiger partial charge in [-0.25, -0.2) is 18.4 Å². The first-order chi connectivity index (χ1) is 11.0. The van der Waals surface area contributed by atoms with Gasteiger partial charge in [0.05, 0.1) is 5.25 Å². The highest BCUT2D eigenvalue weighted by molar-refractivity contribution is 7.90. The molecule has 0 atom stereocenters. The fraction of sp³-hybridized carbons (Fsp3) is 0.750. The fourth-order valence-corrected chi connectivity index (χ4v) is 5.09. The van der Waals surface area contributed by atoms with Crippen molar-refractivity contribution in [3.05, 3.63) is 17.6 Å². The summed E-state index contributed by atoms with van der Waals surface area (Å²) in [5.74, 6) is 2.46. The van der Waals surface area contributed by atoms with Gasteiger partial charge in [0.25, 0.3) is 0 Å². The van der Waals surface area contributed by atoms with Crippen molar-refractivity contribution in [1.82, 2.24) is 14.3 Å². The first-order valence-corrected chi connectivity index (χ1v) is 10.1. The number of sulfonamides is 1. The summed E-state index contributed by atoms with van der Waals surface area (Å²) >= 11 is 0. The Kier molecular flexibility index (Phi) is 3.80. The summed E-state index contributed by atoms with van der Waals surface area (Å²) in [7, 11) is -3.06. The molecular weight excluding hydrogens is 312 g/mol. The first kappa shape index (κ1) is 15.3. The molecule has 0 amide bonds. The van der Waals surface area contributed by atoms with E-state index in [2.05, 4.69) is 9.88 Å². The molecule has 1 aromatic rings. The molecule has 0 aromatic carbocycles. The molecule has 2 aliphatic carbocycles. The lowest BCUT2D eigenvalue weighted by atomic mass is 10.3. The standard InChI is InChI=1S/C16H24N4O2S/c1-12-11-15(18-16(17-12)13-3-4-13)19-7-2-8-20(10-9-19)23(21,22)14-5-6-14/h11,13-14H,2-10H2,1H3. The molecule has 2 saturated carbocycles. The predicted octanol–water partition coefficient (Wildman–Crippen LogP) is 1.67. The highest BCUT2D eigenvalue weighted by Gasteiger charge is 2.40. The van der Waals surface area contributed by atoms with E-state index in [1.54, 1.807) is 4.31 Å². The van der Waals surface area contributed by atoms with Crippen LogP contribution in [-0.4, -0.2) is 54.1 Å². The molecule has 0 unspecified atom stereocenters. The maximum Gasteiger partial charge on any atom is 0.217 e. The Bertz CT molecular complexity index is 698. The molecule has 0 radical (unpaired) electrons. The third-order valence-corrected chi connectivity index (χ3v) is 7.28. The molecule has 2 heterocycles. The number of nitrogens with zero attached hydrogens (tertiary/aromatic N) is 4. The van der Waals surface area contributed by atoms with E-state index in [1.807, 2.05) is 13.0 Å². The maximum absolute atomic E-state index is 12.4. The van der Waals surface area contributed by atoms with Crippen LogP contribution in [0.4, 0.5) is 5.82 Å². The van der Waals surface area contributed by atoms with Crippen LogP contribution in [-0.2, 0) is 10.0 Å². The molecule has 1 aromatic heterocycles. The minimum absolute atomic E-state index is 0.114. The van der Waals surface area contributed by atoms with Crippen LogP contribution in [0.3, 0.4) is 0 Å². The Morgan fingerprint density at radius 3 is 2.52 bits per heavy atom. The minimum atomic E-state index is -3.06. The summed E-state index contributed by atoms with van der Waals surface area (Å²) in [4.78, 5) is 11.5. The highest BCUT2D eigenvalue weighted by Crippen LogP contribution is 2.38. The van der Waals surface area contributed by atoms with Crippen LogP contribution in [0.15, 0.2) is 6.07 Å². The van der Waals surface area contributed by atoms with Crippen LogP contribution >= 0.6 is 0 Å². The van der Waals surface area contributed by atoms with E-state index >= 15 is 0 Å². The molecule has 3 aliphatic rings. The predicted molar refractivity (Wildman–Crippen MR) is 89.1 cm³/mol. The van der Waals surface area contributed by atoms with Gasteiger partial charge in [0, 0.05) is 43.9 Å². The third kappa shape index (κ3) is 3.21. The molecule has 1 aliphatic heterocycles. The van der Waals surface area contributed by atoms with E-state index < -0.39 is 10.0 Å². The molecule has 7 heteroatoms. The second-order valence-electron chi connectivity index (χ2n) is 6.98. The normalized spacial score (nSPS) is 23.8. The number of anilines is 1. The van der Waals surface area contributed by atoms with Gasteiger partial charge in [-0.1, -0.05) is 0 Å². The quantitative estimate of drug-likeness (QED) is 0.837. The second kappa shape index (κ2) is 5.70. The fourth-order valence-electron chi connectivity index (χ4n) is 3.21. The van der Waals surface area contributed by atoms with Crippen molar-refractivity contribution >= 4 is 15.8 Å². The van der Waals surface area contributed by atoms with Gasteiger partial charge in [-0.05, 0) is 39.0 Å². The summed E-state index contributed by atoms with van der Waals surface area (Å²) in [6.07, 6.45) is 4.90. The lowest BCUT2D eigenvalue weighted by molar-refractivity contribution is 0.432. The van der Waals surface area contributed by atoms with E-state index in [4.69, 9.17) is 4.98 Å². The minimum Gasteiger partial charge on any atom is -0.355 e. The zero-order valence-electron chi connectivity index (χ0n) is 13.6. The van der Waals surface area contributed by atoms with Crippen molar-refractivity contribution in [3.8, 4) is 0 Å². The number of hydrogen-bond donors (Lipinski definition) is 0. The van der Waals surface area contributed by atoms with Gasteiger partial charge < -0.3 is 4.90 Å². The zero-order chi connectivity index (χ0) is 16.0. The molecule has 4 rings (SSSR count). The van der Waals surface area contributed by atoms with E-state index in [-0.39, 0.29) is 5.25 Å². The molecular formula is C16H24N4O2S. The van der Waals surface area contributed by atoms with Gasteiger partial charge >= 0.3 is 0 Å². The third-order valence-electron chi connectivity index (χ3n) is 4.88. The summed E-state index contributed by atoms with van der Waals surface area (Å²) in [5, 5.41) is -0.114. The van der Waals surface area contributed by atoms with Gasteiger partial charge in [-0.2, -0.15) is 4.31 Å². The Morgan fingerprint density at radius 1 is 1.04 bits per heavy atom. The second-order valence-corrected chi connectivity index (χ2v) is 9.20. The Morgan fingerprint density at radius 2 is 1.83 bits per heavy atom. The van der Waals surface area contributed by atoms with E-state index in [9.17, 15) is 8.42 Å². The van der Waals surface area contributed by atoms with E-state index in [0.717, 1.165) is 43.1 Å². The van der Waals surface area contributed by atoms with Crippen molar-refractivity contribution < 1.29 is 8.42 Å². The highest BCUT2D eigenvalue weighted by atomic mass is 32.2. The molecule has 0 bridgehead atoms. The smallest absolute Gasteiger partial charge is 0.217 e. The van der Waals surface area contributed by atoms with E-state index in [0.29, 0.717) is 25.6 Å². The Labute approximate surface area is 138 Å². The van der Waals surface area contributed by atoms with Gasteiger partial charge in [-0.15, -0.1) is 0 Å². The van der Waals surface area contributed by atoms with Gasteiger partial charge in [0.15, 0.2) is 0 Å². The summed E-state index contributed by atoms with van der Waals surface area (Å²) in [5.41, 5.74) is 1.00. The van der Waals surface area contributed by atoms with Crippen molar-refractivity contribution in [1.29, 1.82) is 0 Å². The number of hydrogen-bond acceptors (Lipinski definition) is 5. The number of aromatic nitrogens is 2. The average molecular weight is 336 g/mol. The van der Waals surface area contributed by atoms with Crippen molar-refractivity contribution in [2.24, 2.45) is 0 Å². The first-order valence-electron chi connectivity index (χ1n) is 8.63. The lowest BCUT2D eigenvalue weighted by Crippen LogP contribution is -2.37. The number of aryl methyl sites for hydroxylation is 1. The molecule has 1 saturated heterocycles. The van der Waals surface area contributed by atoms with Crippen molar-refractivity contribution in [2.45, 2.75) is 50.2 Å². The maximum atomic E-state index is 12.4. The molecule has 0 spiro atoms. The molecule has 23 heavy (non-hydrogen) atoms. The summed E-state index contributed by atoms with van der Waals surface area (Å²) in [6, 6.07) is 2.02. The van der Waals surface area contributed by atoms with Crippen LogP contribution in [0.2, 0.25) is 0 Å². The monoisotopic (exact) mass is 336 g/mol. The van der Waals surface area contributed by atoms with Crippen LogP contribution < -0.4 is 4.90 Å². The van der Waals surface area contributed by atoms with Gasteiger partial charge in [-0.3, -0.25) is 0 Å². The van der Waals surface area contributed by atoms with Crippen molar-refractivity contribution in [3.63, 3.8) is 0 Å². The van der Waals surface area contributed by atoms with Crippen LogP contribution in [0, 0.1) is 6.92 Å².